The first kappa shape index (κ1) is 21.2. The van der Waals surface area contributed by atoms with Gasteiger partial charge >= 0.3 is 12.0 Å². The number of carbonyl (C=O) groups excluding carboxylic acids is 4. The highest BCUT2D eigenvalue weighted by atomic mass is 16.5. The van der Waals surface area contributed by atoms with E-state index in [1.807, 2.05) is 0 Å². The number of hydrogen-bond donors (Lipinski definition) is 2. The number of carbonyl (C=O) groups is 4. The van der Waals surface area contributed by atoms with Gasteiger partial charge < -0.3 is 15.4 Å². The SMILES string of the molecule is C[C@H](OC(=O)CCCN1C(=O)NC(C)(C)C1=O)C(=O)NC1CCCCCC1. The smallest absolute Gasteiger partial charge is 0.325 e. The predicted octanol–water partition coefficient (Wildman–Crippen LogP) is 1.87. The van der Waals surface area contributed by atoms with E-state index >= 15 is 0 Å². The van der Waals surface area contributed by atoms with Crippen molar-refractivity contribution in [3.05, 3.63) is 0 Å². The molecule has 1 heterocycles. The molecule has 152 valence electrons. The topological polar surface area (TPSA) is 105 Å². The van der Waals surface area contributed by atoms with E-state index in [9.17, 15) is 19.2 Å². The minimum absolute atomic E-state index is 0.0402. The Labute approximate surface area is 160 Å². The summed E-state index contributed by atoms with van der Waals surface area (Å²) in [5, 5.41) is 5.55. The number of imide groups is 1. The Morgan fingerprint density at radius 3 is 2.41 bits per heavy atom. The first-order valence-electron chi connectivity index (χ1n) is 9.84. The summed E-state index contributed by atoms with van der Waals surface area (Å²) < 4.78 is 5.19. The molecule has 0 aromatic heterocycles. The zero-order valence-corrected chi connectivity index (χ0v) is 16.5. The fraction of sp³-hybridized carbons (Fsp3) is 0.789. The molecule has 1 atom stereocenters. The van der Waals surface area contributed by atoms with Crippen molar-refractivity contribution in [2.45, 2.75) is 89.8 Å². The van der Waals surface area contributed by atoms with Gasteiger partial charge in [0.2, 0.25) is 0 Å². The molecule has 1 aliphatic carbocycles. The van der Waals surface area contributed by atoms with Crippen molar-refractivity contribution in [3.8, 4) is 0 Å². The first-order chi connectivity index (χ1) is 12.7. The van der Waals surface area contributed by atoms with Crippen molar-refractivity contribution in [1.29, 1.82) is 0 Å². The summed E-state index contributed by atoms with van der Waals surface area (Å²) >= 11 is 0. The molecule has 0 aromatic rings. The van der Waals surface area contributed by atoms with Crippen LogP contribution in [0, 0.1) is 0 Å². The molecule has 0 unspecified atom stereocenters. The van der Waals surface area contributed by atoms with E-state index in [0.29, 0.717) is 6.42 Å². The second-order valence-corrected chi connectivity index (χ2v) is 7.94. The highest BCUT2D eigenvalue weighted by Crippen LogP contribution is 2.18. The summed E-state index contributed by atoms with van der Waals surface area (Å²) in [6.07, 6.45) is 6.04. The molecule has 1 saturated carbocycles. The Hall–Kier alpha value is -2.12. The molecule has 8 nitrogen and oxygen atoms in total. The standard InChI is InChI=1S/C19H31N3O5/c1-13(16(24)20-14-9-6-4-5-7-10-14)27-15(23)11-8-12-22-17(25)19(2,3)21-18(22)26/h13-14H,4-12H2,1-3H3,(H,20,24)(H,21,26)/t13-/m0/s1. The molecule has 0 aromatic carbocycles. The Bertz CT molecular complexity index is 582. The molecule has 2 N–H and O–H groups in total. The summed E-state index contributed by atoms with van der Waals surface area (Å²) in [6.45, 7) is 4.97. The van der Waals surface area contributed by atoms with Gasteiger partial charge in [-0.05, 0) is 40.0 Å². The van der Waals surface area contributed by atoms with Crippen LogP contribution in [0.5, 0.6) is 0 Å². The van der Waals surface area contributed by atoms with Crippen LogP contribution in [0.2, 0.25) is 0 Å². The summed E-state index contributed by atoms with van der Waals surface area (Å²) in [4.78, 5) is 49.1. The van der Waals surface area contributed by atoms with Gasteiger partial charge in [0.1, 0.15) is 5.54 Å². The van der Waals surface area contributed by atoms with Crippen LogP contribution in [0.3, 0.4) is 0 Å². The number of nitrogens with zero attached hydrogens (tertiary/aromatic N) is 1. The Balaban J connectivity index is 1.69. The molecular weight excluding hydrogens is 350 g/mol. The Morgan fingerprint density at radius 1 is 1.22 bits per heavy atom. The van der Waals surface area contributed by atoms with Crippen LogP contribution in [0.15, 0.2) is 0 Å². The Morgan fingerprint density at radius 2 is 1.85 bits per heavy atom. The van der Waals surface area contributed by atoms with Gasteiger partial charge in [-0.1, -0.05) is 25.7 Å². The van der Waals surface area contributed by atoms with Gasteiger partial charge in [0.05, 0.1) is 0 Å². The summed E-state index contributed by atoms with van der Waals surface area (Å²) in [5.41, 5.74) is -0.914. The fourth-order valence-corrected chi connectivity index (χ4v) is 3.45. The highest BCUT2D eigenvalue weighted by Gasteiger charge is 2.43. The van der Waals surface area contributed by atoms with Gasteiger partial charge in [-0.25, -0.2) is 4.79 Å². The van der Waals surface area contributed by atoms with Gasteiger partial charge in [-0.15, -0.1) is 0 Å². The van der Waals surface area contributed by atoms with Gasteiger partial charge in [-0.2, -0.15) is 0 Å². The van der Waals surface area contributed by atoms with Crippen molar-refractivity contribution in [3.63, 3.8) is 0 Å². The molecule has 1 saturated heterocycles. The quantitative estimate of drug-likeness (QED) is 0.398. The lowest BCUT2D eigenvalue weighted by molar-refractivity contribution is -0.155. The lowest BCUT2D eigenvalue weighted by Gasteiger charge is -2.20. The normalized spacial score (nSPS) is 21.4. The second kappa shape index (κ2) is 9.19. The molecular formula is C19H31N3O5. The van der Waals surface area contributed by atoms with E-state index in [-0.39, 0.29) is 30.8 Å². The van der Waals surface area contributed by atoms with Crippen LogP contribution in [0.4, 0.5) is 4.79 Å². The maximum atomic E-state index is 12.2. The predicted molar refractivity (Wildman–Crippen MR) is 98.7 cm³/mol. The van der Waals surface area contributed by atoms with E-state index in [0.717, 1.165) is 30.6 Å². The maximum absolute atomic E-state index is 12.2. The zero-order valence-electron chi connectivity index (χ0n) is 16.5. The monoisotopic (exact) mass is 381 g/mol. The third-order valence-electron chi connectivity index (χ3n) is 5.09. The molecule has 2 rings (SSSR count). The molecule has 27 heavy (non-hydrogen) atoms. The van der Waals surface area contributed by atoms with Crippen LogP contribution in [-0.4, -0.2) is 52.9 Å². The number of ether oxygens (including phenoxy) is 1. The van der Waals surface area contributed by atoms with E-state index in [1.54, 1.807) is 20.8 Å². The number of nitrogens with one attached hydrogen (secondary N) is 2. The van der Waals surface area contributed by atoms with Crippen LogP contribution in [0.1, 0.15) is 72.1 Å². The highest BCUT2D eigenvalue weighted by molar-refractivity contribution is 6.06. The molecule has 2 fully saturated rings. The summed E-state index contributed by atoms with van der Waals surface area (Å²) in [6, 6.07) is -0.293. The zero-order chi connectivity index (χ0) is 20.0. The average molecular weight is 381 g/mol. The lowest BCUT2D eigenvalue weighted by atomic mass is 10.1. The third kappa shape index (κ3) is 5.94. The van der Waals surface area contributed by atoms with E-state index in [2.05, 4.69) is 10.6 Å². The molecule has 0 spiro atoms. The lowest BCUT2D eigenvalue weighted by Crippen LogP contribution is -2.42. The van der Waals surface area contributed by atoms with Gasteiger partial charge in [-0.3, -0.25) is 19.3 Å². The number of esters is 1. The molecule has 8 heteroatoms. The first-order valence-corrected chi connectivity index (χ1v) is 9.84. The summed E-state index contributed by atoms with van der Waals surface area (Å²) in [7, 11) is 0. The van der Waals surface area contributed by atoms with Crippen LogP contribution in [-0.2, 0) is 19.1 Å². The van der Waals surface area contributed by atoms with Crippen LogP contribution in [0.25, 0.3) is 0 Å². The number of hydrogen-bond acceptors (Lipinski definition) is 5. The van der Waals surface area contributed by atoms with Crippen molar-refractivity contribution < 1.29 is 23.9 Å². The van der Waals surface area contributed by atoms with Crippen molar-refractivity contribution in [1.82, 2.24) is 15.5 Å². The van der Waals surface area contributed by atoms with E-state index < -0.39 is 23.6 Å². The molecule has 0 bridgehead atoms. The van der Waals surface area contributed by atoms with Crippen molar-refractivity contribution in [2.75, 3.05) is 6.54 Å². The largest absolute Gasteiger partial charge is 0.453 e. The van der Waals surface area contributed by atoms with Gasteiger partial charge in [0.15, 0.2) is 6.10 Å². The number of rotatable bonds is 7. The van der Waals surface area contributed by atoms with Gasteiger partial charge in [0.25, 0.3) is 11.8 Å². The number of amides is 4. The van der Waals surface area contributed by atoms with Gasteiger partial charge in [0, 0.05) is 19.0 Å². The second-order valence-electron chi connectivity index (χ2n) is 7.94. The minimum atomic E-state index is -0.914. The van der Waals surface area contributed by atoms with Crippen LogP contribution < -0.4 is 10.6 Å². The molecule has 1 aliphatic heterocycles. The third-order valence-corrected chi connectivity index (χ3v) is 5.09. The van der Waals surface area contributed by atoms with E-state index in [4.69, 9.17) is 4.74 Å². The molecule has 4 amide bonds. The minimum Gasteiger partial charge on any atom is -0.453 e. The van der Waals surface area contributed by atoms with E-state index in [1.165, 1.54) is 12.8 Å². The Kier molecular flexibility index (Phi) is 7.21. The maximum Gasteiger partial charge on any atom is 0.325 e. The van der Waals surface area contributed by atoms with Crippen molar-refractivity contribution >= 4 is 23.8 Å². The average Bonchev–Trinajstić information content (AvgIpc) is 2.78. The molecule has 0 radical (unpaired) electrons. The molecule has 2 aliphatic rings. The number of urea groups is 1. The van der Waals surface area contributed by atoms with Crippen LogP contribution >= 0.6 is 0 Å². The summed E-state index contributed by atoms with van der Waals surface area (Å²) in [5.74, 6) is -1.09. The fourth-order valence-electron chi connectivity index (χ4n) is 3.45. The van der Waals surface area contributed by atoms with Crippen molar-refractivity contribution in [2.24, 2.45) is 0 Å².